The number of hydrogen-bond acceptors (Lipinski definition) is 4. The van der Waals surface area contributed by atoms with E-state index in [1.807, 2.05) is 5.38 Å². The molecule has 0 radical (unpaired) electrons. The van der Waals surface area contributed by atoms with Gasteiger partial charge in [-0.05, 0) is 19.3 Å². The molecule has 1 saturated carbocycles. The summed E-state index contributed by atoms with van der Waals surface area (Å²) in [6.07, 6.45) is 4.55. The molecule has 1 aliphatic carbocycles. The molecule has 86 valence electrons. The first-order valence-electron chi connectivity index (χ1n) is 5.33. The SMILES string of the molecule is C=CCC(N)C(=O)Nc1nc(C2CC2)cs1. The summed E-state index contributed by atoms with van der Waals surface area (Å²) in [5.74, 6) is 0.417. The van der Waals surface area contributed by atoms with Crippen molar-refractivity contribution in [3.63, 3.8) is 0 Å². The highest BCUT2D eigenvalue weighted by Gasteiger charge is 2.26. The van der Waals surface area contributed by atoms with E-state index in [0.29, 0.717) is 17.5 Å². The zero-order valence-corrected chi connectivity index (χ0v) is 9.80. The van der Waals surface area contributed by atoms with Gasteiger partial charge in [0, 0.05) is 11.3 Å². The van der Waals surface area contributed by atoms with Crippen LogP contribution in [0.25, 0.3) is 0 Å². The fourth-order valence-corrected chi connectivity index (χ4v) is 2.19. The topological polar surface area (TPSA) is 68.0 Å². The van der Waals surface area contributed by atoms with Gasteiger partial charge in [-0.3, -0.25) is 4.79 Å². The number of aromatic nitrogens is 1. The highest BCUT2D eigenvalue weighted by molar-refractivity contribution is 7.13. The Balaban J connectivity index is 1.92. The molecular weight excluding hydrogens is 222 g/mol. The van der Waals surface area contributed by atoms with Crippen molar-refractivity contribution < 1.29 is 4.79 Å². The monoisotopic (exact) mass is 237 g/mol. The number of amides is 1. The van der Waals surface area contributed by atoms with E-state index in [2.05, 4.69) is 16.9 Å². The summed E-state index contributed by atoms with van der Waals surface area (Å²) in [5.41, 5.74) is 6.74. The average Bonchev–Trinajstić information content (AvgIpc) is 3.01. The quantitative estimate of drug-likeness (QED) is 0.768. The lowest BCUT2D eigenvalue weighted by molar-refractivity contribution is -0.117. The number of anilines is 1. The first-order valence-corrected chi connectivity index (χ1v) is 6.21. The van der Waals surface area contributed by atoms with Crippen molar-refractivity contribution >= 4 is 22.4 Å². The smallest absolute Gasteiger partial charge is 0.243 e. The van der Waals surface area contributed by atoms with Gasteiger partial charge in [-0.1, -0.05) is 6.08 Å². The zero-order valence-electron chi connectivity index (χ0n) is 8.98. The third-order valence-corrected chi connectivity index (χ3v) is 3.28. The molecule has 0 aromatic carbocycles. The second kappa shape index (κ2) is 4.76. The fourth-order valence-electron chi connectivity index (χ4n) is 1.39. The lowest BCUT2D eigenvalue weighted by atomic mass is 10.2. The highest BCUT2D eigenvalue weighted by Crippen LogP contribution is 2.40. The summed E-state index contributed by atoms with van der Waals surface area (Å²) in [5, 5.41) is 5.38. The van der Waals surface area contributed by atoms with E-state index >= 15 is 0 Å². The van der Waals surface area contributed by atoms with Crippen molar-refractivity contribution in [2.75, 3.05) is 5.32 Å². The summed E-state index contributed by atoms with van der Waals surface area (Å²) in [7, 11) is 0. The van der Waals surface area contributed by atoms with E-state index in [0.717, 1.165) is 5.69 Å². The Morgan fingerprint density at radius 1 is 1.81 bits per heavy atom. The molecule has 5 heteroatoms. The van der Waals surface area contributed by atoms with Crippen LogP contribution in [0.1, 0.15) is 30.9 Å². The average molecular weight is 237 g/mol. The van der Waals surface area contributed by atoms with Crippen LogP contribution >= 0.6 is 11.3 Å². The maximum atomic E-state index is 11.6. The molecule has 4 nitrogen and oxygen atoms in total. The molecule has 2 rings (SSSR count). The summed E-state index contributed by atoms with van der Waals surface area (Å²) in [4.78, 5) is 15.9. The summed E-state index contributed by atoms with van der Waals surface area (Å²) in [6.45, 7) is 3.55. The summed E-state index contributed by atoms with van der Waals surface area (Å²) >= 11 is 1.46. The Hall–Kier alpha value is -1.20. The fraction of sp³-hybridized carbons (Fsp3) is 0.455. The molecule has 1 heterocycles. The van der Waals surface area contributed by atoms with Crippen LogP contribution < -0.4 is 11.1 Å². The van der Waals surface area contributed by atoms with Crippen LogP contribution in [0.2, 0.25) is 0 Å². The van der Waals surface area contributed by atoms with Gasteiger partial charge in [-0.2, -0.15) is 0 Å². The number of nitrogens with one attached hydrogen (secondary N) is 1. The molecule has 1 unspecified atom stereocenters. The van der Waals surface area contributed by atoms with E-state index in [9.17, 15) is 4.79 Å². The van der Waals surface area contributed by atoms with Crippen LogP contribution in [0.3, 0.4) is 0 Å². The van der Waals surface area contributed by atoms with Crippen molar-refractivity contribution in [2.24, 2.45) is 5.73 Å². The number of nitrogens with two attached hydrogens (primary N) is 1. The summed E-state index contributed by atoms with van der Waals surface area (Å²) in [6, 6.07) is -0.536. The van der Waals surface area contributed by atoms with Crippen molar-refractivity contribution in [3.05, 3.63) is 23.7 Å². The van der Waals surface area contributed by atoms with Crippen LogP contribution in [-0.4, -0.2) is 16.9 Å². The Labute approximate surface area is 98.6 Å². The molecule has 0 spiro atoms. The molecule has 1 aromatic rings. The predicted molar refractivity (Wildman–Crippen MR) is 65.5 cm³/mol. The van der Waals surface area contributed by atoms with E-state index < -0.39 is 6.04 Å². The molecule has 0 aliphatic heterocycles. The Bertz CT molecular complexity index is 398. The van der Waals surface area contributed by atoms with Gasteiger partial charge in [0.15, 0.2) is 5.13 Å². The molecule has 0 saturated heterocycles. The van der Waals surface area contributed by atoms with E-state index in [1.54, 1.807) is 6.08 Å². The van der Waals surface area contributed by atoms with Crippen LogP contribution in [0, 0.1) is 0 Å². The van der Waals surface area contributed by atoms with Crippen molar-refractivity contribution in [2.45, 2.75) is 31.2 Å². The molecule has 0 bridgehead atoms. The molecule has 1 aromatic heterocycles. The molecule has 3 N–H and O–H groups in total. The van der Waals surface area contributed by atoms with Crippen LogP contribution in [0.4, 0.5) is 5.13 Å². The minimum absolute atomic E-state index is 0.198. The van der Waals surface area contributed by atoms with E-state index in [1.165, 1.54) is 24.2 Å². The first kappa shape index (κ1) is 11.3. The van der Waals surface area contributed by atoms with E-state index in [-0.39, 0.29) is 5.91 Å². The van der Waals surface area contributed by atoms with Gasteiger partial charge < -0.3 is 11.1 Å². The molecule has 1 fully saturated rings. The van der Waals surface area contributed by atoms with Crippen LogP contribution in [-0.2, 0) is 4.79 Å². The number of carbonyl (C=O) groups excluding carboxylic acids is 1. The third-order valence-electron chi connectivity index (χ3n) is 2.51. The van der Waals surface area contributed by atoms with Gasteiger partial charge >= 0.3 is 0 Å². The van der Waals surface area contributed by atoms with Gasteiger partial charge in [0.1, 0.15) is 0 Å². The van der Waals surface area contributed by atoms with Crippen LogP contribution in [0.15, 0.2) is 18.0 Å². The first-order chi connectivity index (χ1) is 7.70. The van der Waals surface area contributed by atoms with Crippen molar-refractivity contribution in [1.29, 1.82) is 0 Å². The second-order valence-corrected chi connectivity index (χ2v) is 4.83. The largest absolute Gasteiger partial charge is 0.320 e. The zero-order chi connectivity index (χ0) is 11.5. The van der Waals surface area contributed by atoms with Gasteiger partial charge in [0.05, 0.1) is 11.7 Å². The molecular formula is C11H15N3OS. The van der Waals surface area contributed by atoms with Crippen molar-refractivity contribution in [3.8, 4) is 0 Å². The highest BCUT2D eigenvalue weighted by atomic mass is 32.1. The van der Waals surface area contributed by atoms with Gasteiger partial charge in [0.2, 0.25) is 5.91 Å². The number of rotatable bonds is 5. The maximum Gasteiger partial charge on any atom is 0.243 e. The number of hydrogen-bond donors (Lipinski definition) is 2. The Morgan fingerprint density at radius 2 is 2.56 bits per heavy atom. The standard InChI is InChI=1S/C11H15N3OS/c1-2-3-8(12)10(15)14-11-13-9(6-16-11)7-4-5-7/h2,6-8H,1,3-5,12H2,(H,13,14,15). The Kier molecular flexibility index (Phi) is 3.36. The number of nitrogens with zero attached hydrogens (tertiary/aromatic N) is 1. The van der Waals surface area contributed by atoms with E-state index in [4.69, 9.17) is 5.73 Å². The minimum atomic E-state index is -0.536. The lowest BCUT2D eigenvalue weighted by Gasteiger charge is -2.07. The molecule has 1 atom stereocenters. The molecule has 1 amide bonds. The van der Waals surface area contributed by atoms with Gasteiger partial charge in [-0.25, -0.2) is 4.98 Å². The number of carbonyl (C=O) groups is 1. The third kappa shape index (κ3) is 2.68. The molecule has 16 heavy (non-hydrogen) atoms. The summed E-state index contributed by atoms with van der Waals surface area (Å²) < 4.78 is 0. The maximum absolute atomic E-state index is 11.6. The second-order valence-electron chi connectivity index (χ2n) is 3.97. The van der Waals surface area contributed by atoms with Crippen molar-refractivity contribution in [1.82, 2.24) is 4.98 Å². The van der Waals surface area contributed by atoms with Crippen LogP contribution in [0.5, 0.6) is 0 Å². The van der Waals surface area contributed by atoms with Gasteiger partial charge in [-0.15, -0.1) is 17.9 Å². The predicted octanol–water partition coefficient (Wildman–Crippen LogP) is 1.86. The Morgan fingerprint density at radius 3 is 3.19 bits per heavy atom. The minimum Gasteiger partial charge on any atom is -0.320 e. The molecule has 1 aliphatic rings. The van der Waals surface area contributed by atoms with Gasteiger partial charge in [0.25, 0.3) is 0 Å². The lowest BCUT2D eigenvalue weighted by Crippen LogP contribution is -2.35. The normalized spacial score (nSPS) is 16.8. The number of thiazole rings is 1.